The first-order valence-corrected chi connectivity index (χ1v) is 5.67. The van der Waals surface area contributed by atoms with Gasteiger partial charge in [-0.25, -0.2) is 9.07 Å². The van der Waals surface area contributed by atoms with E-state index in [2.05, 4.69) is 10.1 Å². The van der Waals surface area contributed by atoms with Crippen molar-refractivity contribution >= 4 is 5.95 Å². The summed E-state index contributed by atoms with van der Waals surface area (Å²) in [7, 11) is 0. The summed E-state index contributed by atoms with van der Waals surface area (Å²) in [6, 6.07) is 6.69. The van der Waals surface area contributed by atoms with Crippen LogP contribution in [-0.2, 0) is 13.0 Å². The molecule has 1 aliphatic rings. The Morgan fingerprint density at radius 1 is 1.29 bits per heavy atom. The van der Waals surface area contributed by atoms with Crippen molar-refractivity contribution in [3.05, 3.63) is 41.5 Å². The first kappa shape index (κ1) is 10.3. The molecule has 4 nitrogen and oxygen atoms in total. The van der Waals surface area contributed by atoms with Crippen molar-refractivity contribution in [1.29, 1.82) is 0 Å². The quantitative estimate of drug-likeness (QED) is 0.814. The van der Waals surface area contributed by atoms with Crippen LogP contribution in [0.25, 0.3) is 0 Å². The number of anilines is 1. The maximum atomic E-state index is 12.9. The second-order valence-corrected chi connectivity index (χ2v) is 4.35. The lowest BCUT2D eigenvalue weighted by atomic mass is 9.90. The first-order valence-electron chi connectivity index (χ1n) is 5.67. The van der Waals surface area contributed by atoms with Crippen molar-refractivity contribution < 1.29 is 4.39 Å². The molecule has 3 rings (SSSR count). The molecule has 1 atom stereocenters. The molecule has 88 valence electrons. The first-order chi connectivity index (χ1) is 8.22. The Kier molecular flexibility index (Phi) is 2.31. The molecule has 0 saturated heterocycles. The molecular weight excluding hydrogens is 219 g/mol. The minimum Gasteiger partial charge on any atom is -0.366 e. The Labute approximate surface area is 98.3 Å². The molecule has 2 N–H and O–H groups in total. The molecule has 0 amide bonds. The van der Waals surface area contributed by atoms with Crippen molar-refractivity contribution in [2.75, 3.05) is 5.73 Å². The average molecular weight is 232 g/mol. The smallest absolute Gasteiger partial charge is 0.239 e. The topological polar surface area (TPSA) is 56.7 Å². The maximum Gasteiger partial charge on any atom is 0.239 e. The van der Waals surface area contributed by atoms with Crippen molar-refractivity contribution in [2.24, 2.45) is 0 Å². The zero-order chi connectivity index (χ0) is 11.8. The monoisotopic (exact) mass is 232 g/mol. The summed E-state index contributed by atoms with van der Waals surface area (Å²) in [5.74, 6) is 1.44. The van der Waals surface area contributed by atoms with Gasteiger partial charge in [0, 0.05) is 13.0 Å². The van der Waals surface area contributed by atoms with Gasteiger partial charge in [-0.2, -0.15) is 4.98 Å². The summed E-state index contributed by atoms with van der Waals surface area (Å²) in [4.78, 5) is 4.20. The minimum atomic E-state index is -0.197. The van der Waals surface area contributed by atoms with Crippen LogP contribution >= 0.6 is 0 Å². The van der Waals surface area contributed by atoms with E-state index in [-0.39, 0.29) is 5.82 Å². The highest BCUT2D eigenvalue weighted by Crippen LogP contribution is 2.28. The summed E-state index contributed by atoms with van der Waals surface area (Å²) in [5, 5.41) is 4.12. The number of hydrogen-bond donors (Lipinski definition) is 1. The fraction of sp³-hybridized carbons (Fsp3) is 0.333. The summed E-state index contributed by atoms with van der Waals surface area (Å²) in [6.07, 6.45) is 1.80. The van der Waals surface area contributed by atoms with Crippen LogP contribution in [0, 0.1) is 5.82 Å². The molecule has 2 heterocycles. The molecule has 0 spiro atoms. The Morgan fingerprint density at radius 3 is 2.82 bits per heavy atom. The van der Waals surface area contributed by atoms with Gasteiger partial charge in [0.25, 0.3) is 0 Å². The van der Waals surface area contributed by atoms with E-state index in [1.807, 2.05) is 16.8 Å². The predicted octanol–water partition coefficient (Wildman–Crippen LogP) is 1.73. The van der Waals surface area contributed by atoms with Crippen molar-refractivity contribution in [3.8, 4) is 0 Å². The molecule has 1 aromatic heterocycles. The fourth-order valence-electron chi connectivity index (χ4n) is 2.34. The number of aryl methyl sites for hydroxylation is 1. The van der Waals surface area contributed by atoms with Gasteiger partial charge in [0.05, 0.1) is 0 Å². The van der Waals surface area contributed by atoms with Crippen LogP contribution in [0.15, 0.2) is 24.3 Å². The number of halogens is 1. The van der Waals surface area contributed by atoms with E-state index in [0.717, 1.165) is 30.8 Å². The van der Waals surface area contributed by atoms with Crippen molar-refractivity contribution in [2.45, 2.75) is 25.3 Å². The number of nitrogens with zero attached hydrogens (tertiary/aromatic N) is 3. The van der Waals surface area contributed by atoms with Crippen LogP contribution in [0.1, 0.15) is 23.7 Å². The predicted molar refractivity (Wildman–Crippen MR) is 61.9 cm³/mol. The van der Waals surface area contributed by atoms with Gasteiger partial charge >= 0.3 is 0 Å². The third-order valence-electron chi connectivity index (χ3n) is 3.22. The van der Waals surface area contributed by atoms with E-state index in [1.54, 1.807) is 0 Å². The number of aromatic nitrogens is 3. The van der Waals surface area contributed by atoms with Crippen molar-refractivity contribution in [3.63, 3.8) is 0 Å². The second kappa shape index (κ2) is 3.84. The van der Waals surface area contributed by atoms with Gasteiger partial charge in [-0.05, 0) is 30.0 Å². The largest absolute Gasteiger partial charge is 0.366 e. The number of nitrogens with two attached hydrogens (primary N) is 1. The molecule has 1 aliphatic heterocycles. The molecule has 0 fully saturated rings. The SMILES string of the molecule is Nc1nc2n(n1)CCC(c1ccc(F)cc1)C2. The molecule has 1 aromatic carbocycles. The zero-order valence-electron chi connectivity index (χ0n) is 9.31. The number of fused-ring (bicyclic) bond motifs is 1. The van der Waals surface area contributed by atoms with Crippen LogP contribution in [0.4, 0.5) is 10.3 Å². The standard InChI is InChI=1S/C12H13FN4/c13-10-3-1-8(2-4-10)9-5-6-17-11(7-9)15-12(14)16-17/h1-4,9H,5-7H2,(H2,14,16). The van der Waals surface area contributed by atoms with Crippen LogP contribution in [0.2, 0.25) is 0 Å². The van der Waals surface area contributed by atoms with Gasteiger partial charge in [-0.1, -0.05) is 12.1 Å². The summed E-state index contributed by atoms with van der Waals surface area (Å²) < 4.78 is 14.7. The Balaban J connectivity index is 1.86. The lowest BCUT2D eigenvalue weighted by Crippen LogP contribution is -2.19. The number of nitrogen functional groups attached to an aromatic ring is 1. The van der Waals surface area contributed by atoms with E-state index in [1.165, 1.54) is 12.1 Å². The molecular formula is C12H13FN4. The fourth-order valence-corrected chi connectivity index (χ4v) is 2.34. The third kappa shape index (κ3) is 1.88. The second-order valence-electron chi connectivity index (χ2n) is 4.35. The van der Waals surface area contributed by atoms with Gasteiger partial charge in [0.2, 0.25) is 5.95 Å². The minimum absolute atomic E-state index is 0.197. The molecule has 0 radical (unpaired) electrons. The van der Waals surface area contributed by atoms with E-state index in [4.69, 9.17) is 5.73 Å². The number of benzene rings is 1. The Hall–Kier alpha value is -1.91. The highest BCUT2D eigenvalue weighted by atomic mass is 19.1. The summed E-state index contributed by atoms with van der Waals surface area (Å²) in [5.41, 5.74) is 6.72. The highest BCUT2D eigenvalue weighted by molar-refractivity contribution is 5.24. The van der Waals surface area contributed by atoms with Gasteiger partial charge in [-0.15, -0.1) is 5.10 Å². The summed E-state index contributed by atoms with van der Waals surface area (Å²) >= 11 is 0. The molecule has 2 aromatic rings. The van der Waals surface area contributed by atoms with Crippen LogP contribution < -0.4 is 5.73 Å². The lowest BCUT2D eigenvalue weighted by molar-refractivity contribution is 0.434. The zero-order valence-corrected chi connectivity index (χ0v) is 9.31. The van der Waals surface area contributed by atoms with Gasteiger partial charge in [-0.3, -0.25) is 0 Å². The highest BCUT2D eigenvalue weighted by Gasteiger charge is 2.22. The molecule has 17 heavy (non-hydrogen) atoms. The van der Waals surface area contributed by atoms with Crippen LogP contribution in [0.3, 0.4) is 0 Å². The Bertz CT molecular complexity index is 532. The molecule has 5 heteroatoms. The number of hydrogen-bond acceptors (Lipinski definition) is 3. The molecule has 0 bridgehead atoms. The van der Waals surface area contributed by atoms with E-state index < -0.39 is 0 Å². The molecule has 0 aliphatic carbocycles. The van der Waals surface area contributed by atoms with E-state index in [0.29, 0.717) is 11.9 Å². The van der Waals surface area contributed by atoms with Crippen LogP contribution in [0.5, 0.6) is 0 Å². The lowest BCUT2D eigenvalue weighted by Gasteiger charge is -2.22. The molecule has 1 unspecified atom stereocenters. The number of rotatable bonds is 1. The maximum absolute atomic E-state index is 12.9. The van der Waals surface area contributed by atoms with Gasteiger partial charge in [0.15, 0.2) is 0 Å². The van der Waals surface area contributed by atoms with Crippen LogP contribution in [-0.4, -0.2) is 14.8 Å². The van der Waals surface area contributed by atoms with Gasteiger partial charge < -0.3 is 5.73 Å². The van der Waals surface area contributed by atoms with E-state index in [9.17, 15) is 4.39 Å². The Morgan fingerprint density at radius 2 is 2.06 bits per heavy atom. The van der Waals surface area contributed by atoms with Crippen molar-refractivity contribution in [1.82, 2.24) is 14.8 Å². The molecule has 0 saturated carbocycles. The normalized spacial score (nSPS) is 19.0. The van der Waals surface area contributed by atoms with Gasteiger partial charge in [0.1, 0.15) is 11.6 Å². The summed E-state index contributed by atoms with van der Waals surface area (Å²) in [6.45, 7) is 0.821. The van der Waals surface area contributed by atoms with E-state index >= 15 is 0 Å². The third-order valence-corrected chi connectivity index (χ3v) is 3.22. The average Bonchev–Trinajstić information content (AvgIpc) is 2.69.